The number of nitrogens with zero attached hydrogens (tertiary/aromatic N) is 1. The maximum atomic E-state index is 3.75. The summed E-state index contributed by atoms with van der Waals surface area (Å²) in [5, 5.41) is 3.75. The molecule has 0 aliphatic carbocycles. The van der Waals surface area contributed by atoms with E-state index in [-0.39, 0.29) is 5.54 Å². The molecule has 0 amide bonds. The van der Waals surface area contributed by atoms with Crippen molar-refractivity contribution in [2.75, 3.05) is 13.1 Å². The van der Waals surface area contributed by atoms with E-state index in [1.165, 1.54) is 12.0 Å². The van der Waals surface area contributed by atoms with Gasteiger partial charge in [0.25, 0.3) is 0 Å². The summed E-state index contributed by atoms with van der Waals surface area (Å²) in [5.74, 6) is 0.680. The van der Waals surface area contributed by atoms with Crippen LogP contribution < -0.4 is 5.32 Å². The van der Waals surface area contributed by atoms with Gasteiger partial charge in [0, 0.05) is 35.7 Å². The van der Waals surface area contributed by atoms with Gasteiger partial charge >= 0.3 is 0 Å². The van der Waals surface area contributed by atoms with E-state index in [4.69, 9.17) is 0 Å². The van der Waals surface area contributed by atoms with Gasteiger partial charge in [-0.1, -0.05) is 48.8 Å². The molecule has 0 saturated carbocycles. The van der Waals surface area contributed by atoms with Gasteiger partial charge in [-0.2, -0.15) is 0 Å². The quantitative estimate of drug-likeness (QED) is 0.890. The third-order valence-electron chi connectivity index (χ3n) is 4.61. The van der Waals surface area contributed by atoms with Gasteiger partial charge in [0.15, 0.2) is 0 Å². The van der Waals surface area contributed by atoms with Crippen LogP contribution in [0.3, 0.4) is 0 Å². The average molecular weight is 339 g/mol. The lowest BCUT2D eigenvalue weighted by Crippen LogP contribution is -2.63. The fourth-order valence-corrected chi connectivity index (χ4v) is 3.26. The van der Waals surface area contributed by atoms with Crippen LogP contribution in [0.5, 0.6) is 0 Å². The van der Waals surface area contributed by atoms with Gasteiger partial charge < -0.3 is 5.32 Å². The van der Waals surface area contributed by atoms with E-state index in [0.717, 1.165) is 24.1 Å². The predicted octanol–water partition coefficient (Wildman–Crippen LogP) is 4.05. The second-order valence-corrected chi connectivity index (χ2v) is 7.55. The van der Waals surface area contributed by atoms with Gasteiger partial charge in [-0.3, -0.25) is 4.90 Å². The molecule has 1 N–H and O–H groups in total. The van der Waals surface area contributed by atoms with Crippen LogP contribution in [0.25, 0.3) is 0 Å². The van der Waals surface area contributed by atoms with E-state index in [0.29, 0.717) is 12.0 Å². The highest BCUT2D eigenvalue weighted by atomic mass is 79.9. The van der Waals surface area contributed by atoms with Gasteiger partial charge in [0.1, 0.15) is 0 Å². The van der Waals surface area contributed by atoms with Crippen LogP contribution >= 0.6 is 15.9 Å². The molecule has 2 rings (SSSR count). The lowest BCUT2D eigenvalue weighted by atomic mass is 9.89. The Morgan fingerprint density at radius 3 is 2.55 bits per heavy atom. The third kappa shape index (κ3) is 3.84. The van der Waals surface area contributed by atoms with E-state index >= 15 is 0 Å². The number of hydrogen-bond acceptors (Lipinski definition) is 2. The second-order valence-electron chi connectivity index (χ2n) is 6.64. The molecule has 2 unspecified atom stereocenters. The Hall–Kier alpha value is -0.380. The van der Waals surface area contributed by atoms with Gasteiger partial charge in [-0.15, -0.1) is 0 Å². The molecule has 112 valence electrons. The maximum absolute atomic E-state index is 3.75. The molecule has 1 fully saturated rings. The van der Waals surface area contributed by atoms with Crippen LogP contribution in [0, 0.1) is 5.92 Å². The van der Waals surface area contributed by atoms with Crippen molar-refractivity contribution in [2.45, 2.75) is 52.2 Å². The Morgan fingerprint density at radius 2 is 2.00 bits per heavy atom. The molecular formula is C17H27BrN2. The van der Waals surface area contributed by atoms with Crippen LogP contribution in [0.4, 0.5) is 0 Å². The molecule has 1 aromatic carbocycles. The fraction of sp³-hybridized carbons (Fsp3) is 0.647. The number of rotatable bonds is 4. The summed E-state index contributed by atoms with van der Waals surface area (Å²) in [6.07, 6.45) is 1.18. The highest BCUT2D eigenvalue weighted by Crippen LogP contribution is 2.25. The first kappa shape index (κ1) is 16.0. The molecule has 2 nitrogen and oxygen atoms in total. The van der Waals surface area contributed by atoms with Gasteiger partial charge in [-0.25, -0.2) is 0 Å². The highest BCUT2D eigenvalue weighted by Gasteiger charge is 2.35. The minimum atomic E-state index is 0.251. The fourth-order valence-electron chi connectivity index (χ4n) is 2.99. The smallest absolute Gasteiger partial charge is 0.0278 e. The first-order valence-electron chi connectivity index (χ1n) is 7.67. The molecule has 1 aliphatic rings. The first-order valence-corrected chi connectivity index (χ1v) is 8.46. The van der Waals surface area contributed by atoms with Crippen LogP contribution in [0.2, 0.25) is 0 Å². The first-order chi connectivity index (χ1) is 9.43. The molecule has 0 radical (unpaired) electrons. The van der Waals surface area contributed by atoms with E-state index in [9.17, 15) is 0 Å². The summed E-state index contributed by atoms with van der Waals surface area (Å²) in [5.41, 5.74) is 1.65. The Labute approximate surface area is 132 Å². The molecule has 3 heteroatoms. The molecule has 1 saturated heterocycles. The van der Waals surface area contributed by atoms with E-state index in [2.05, 4.69) is 78.1 Å². The van der Waals surface area contributed by atoms with Crippen LogP contribution in [0.15, 0.2) is 28.7 Å². The summed E-state index contributed by atoms with van der Waals surface area (Å²) >= 11 is 3.51. The highest BCUT2D eigenvalue weighted by molar-refractivity contribution is 9.10. The van der Waals surface area contributed by atoms with Crippen molar-refractivity contribution in [3.05, 3.63) is 34.3 Å². The Kier molecular flexibility index (Phi) is 5.27. The van der Waals surface area contributed by atoms with Crippen molar-refractivity contribution >= 4 is 15.9 Å². The second kappa shape index (κ2) is 6.59. The number of nitrogens with one attached hydrogen (secondary N) is 1. The van der Waals surface area contributed by atoms with Crippen molar-refractivity contribution in [1.29, 1.82) is 0 Å². The molecule has 2 atom stereocenters. The van der Waals surface area contributed by atoms with Crippen molar-refractivity contribution in [3.63, 3.8) is 0 Å². The SMILES string of the molecule is CCC1(C)CN(Cc2ccc(Br)cc2)C(C(C)C)CN1. The van der Waals surface area contributed by atoms with Crippen molar-refractivity contribution in [1.82, 2.24) is 10.2 Å². The lowest BCUT2D eigenvalue weighted by Gasteiger charge is -2.47. The maximum Gasteiger partial charge on any atom is 0.0278 e. The lowest BCUT2D eigenvalue weighted by molar-refractivity contribution is 0.0539. The van der Waals surface area contributed by atoms with Crippen molar-refractivity contribution in [2.24, 2.45) is 5.92 Å². The molecule has 0 aromatic heterocycles. The van der Waals surface area contributed by atoms with Crippen molar-refractivity contribution in [3.8, 4) is 0 Å². The predicted molar refractivity (Wildman–Crippen MR) is 89.9 cm³/mol. The van der Waals surface area contributed by atoms with Gasteiger partial charge in [0.2, 0.25) is 0 Å². The zero-order valence-corrected chi connectivity index (χ0v) is 14.7. The number of benzene rings is 1. The summed E-state index contributed by atoms with van der Waals surface area (Å²) in [7, 11) is 0. The topological polar surface area (TPSA) is 15.3 Å². The molecule has 1 aromatic rings. The van der Waals surface area contributed by atoms with Crippen LogP contribution in [0.1, 0.15) is 39.7 Å². The number of halogens is 1. The van der Waals surface area contributed by atoms with Gasteiger partial charge in [0.05, 0.1) is 0 Å². The average Bonchev–Trinajstić information content (AvgIpc) is 2.41. The summed E-state index contributed by atoms with van der Waals surface area (Å²) in [6, 6.07) is 9.36. The van der Waals surface area contributed by atoms with E-state index in [1.54, 1.807) is 0 Å². The molecule has 0 bridgehead atoms. The Bertz CT molecular complexity index is 429. The van der Waals surface area contributed by atoms with Crippen LogP contribution in [-0.4, -0.2) is 29.6 Å². The Balaban J connectivity index is 2.13. The van der Waals surface area contributed by atoms with Crippen molar-refractivity contribution < 1.29 is 0 Å². The van der Waals surface area contributed by atoms with Gasteiger partial charge in [-0.05, 0) is 37.0 Å². The summed E-state index contributed by atoms with van der Waals surface area (Å²) in [4.78, 5) is 2.66. The third-order valence-corrected chi connectivity index (χ3v) is 5.14. The normalized spacial score (nSPS) is 28.0. The minimum absolute atomic E-state index is 0.251. The zero-order chi connectivity index (χ0) is 14.8. The Morgan fingerprint density at radius 1 is 1.35 bits per heavy atom. The largest absolute Gasteiger partial charge is 0.309 e. The molecular weight excluding hydrogens is 312 g/mol. The van der Waals surface area contributed by atoms with E-state index in [1.807, 2.05) is 0 Å². The number of hydrogen-bond donors (Lipinski definition) is 1. The standard InChI is InChI=1S/C17H27BrN2/c1-5-17(4)12-20(16(10-19-17)13(2)3)11-14-6-8-15(18)9-7-14/h6-9,13,16,19H,5,10-12H2,1-4H3. The van der Waals surface area contributed by atoms with E-state index < -0.39 is 0 Å². The minimum Gasteiger partial charge on any atom is -0.309 e. The molecule has 1 aliphatic heterocycles. The monoisotopic (exact) mass is 338 g/mol. The molecule has 0 spiro atoms. The number of piperazine rings is 1. The molecule has 20 heavy (non-hydrogen) atoms. The molecule has 1 heterocycles. The van der Waals surface area contributed by atoms with Crippen LogP contribution in [-0.2, 0) is 6.54 Å². The summed E-state index contributed by atoms with van der Waals surface area (Å²) < 4.78 is 1.15. The zero-order valence-electron chi connectivity index (χ0n) is 13.1. The summed E-state index contributed by atoms with van der Waals surface area (Å²) in [6.45, 7) is 12.6.